The molecule has 2 N–H and O–H groups in total. The van der Waals surface area contributed by atoms with E-state index in [1.165, 1.54) is 0 Å². The van der Waals surface area contributed by atoms with Gasteiger partial charge in [0.15, 0.2) is 0 Å². The first-order valence-electron chi connectivity index (χ1n) is 6.89. The third kappa shape index (κ3) is 4.09. The van der Waals surface area contributed by atoms with E-state index in [2.05, 4.69) is 24.1 Å². The first kappa shape index (κ1) is 15.8. The quantitative estimate of drug-likeness (QED) is 0.794. The zero-order valence-electron chi connectivity index (χ0n) is 12.2. The fourth-order valence-electron chi connectivity index (χ4n) is 2.39. The van der Waals surface area contributed by atoms with Gasteiger partial charge >= 0.3 is 12.0 Å². The van der Waals surface area contributed by atoms with E-state index in [0.717, 1.165) is 13.1 Å². The predicted molar refractivity (Wildman–Crippen MR) is 73.1 cm³/mol. The number of rotatable bonds is 4. The van der Waals surface area contributed by atoms with E-state index in [1.54, 1.807) is 18.7 Å². The maximum absolute atomic E-state index is 12.1. The van der Waals surface area contributed by atoms with Gasteiger partial charge in [0, 0.05) is 25.7 Å². The molecule has 1 rings (SSSR count). The molecule has 110 valence electrons. The second-order valence-electron chi connectivity index (χ2n) is 5.43. The molecule has 0 radical (unpaired) electrons. The smallest absolute Gasteiger partial charge is 0.326 e. The van der Waals surface area contributed by atoms with Gasteiger partial charge in [-0.1, -0.05) is 20.8 Å². The van der Waals surface area contributed by atoms with Crippen LogP contribution in [0.2, 0.25) is 0 Å². The molecule has 1 fully saturated rings. The first-order valence-corrected chi connectivity index (χ1v) is 6.89. The molecule has 1 heterocycles. The van der Waals surface area contributed by atoms with Crippen LogP contribution in [0.5, 0.6) is 0 Å². The summed E-state index contributed by atoms with van der Waals surface area (Å²) in [4.78, 5) is 27.2. The number of carboxylic acids is 1. The number of nitrogens with zero attached hydrogens (tertiary/aromatic N) is 2. The van der Waals surface area contributed by atoms with Crippen LogP contribution < -0.4 is 5.32 Å². The summed E-state index contributed by atoms with van der Waals surface area (Å²) < 4.78 is 0. The van der Waals surface area contributed by atoms with Crippen LogP contribution >= 0.6 is 0 Å². The fraction of sp³-hybridized carbons (Fsp3) is 0.846. The van der Waals surface area contributed by atoms with Crippen molar-refractivity contribution in [1.29, 1.82) is 0 Å². The molecule has 19 heavy (non-hydrogen) atoms. The zero-order chi connectivity index (χ0) is 14.6. The number of amides is 2. The first-order chi connectivity index (χ1) is 8.86. The van der Waals surface area contributed by atoms with Crippen molar-refractivity contribution in [2.24, 2.45) is 5.92 Å². The van der Waals surface area contributed by atoms with Crippen LogP contribution in [0.4, 0.5) is 4.79 Å². The molecule has 6 nitrogen and oxygen atoms in total. The molecular formula is C13H25N3O3. The van der Waals surface area contributed by atoms with Crippen LogP contribution in [0.25, 0.3) is 0 Å². The molecule has 2 unspecified atom stereocenters. The van der Waals surface area contributed by atoms with E-state index >= 15 is 0 Å². The lowest BCUT2D eigenvalue weighted by Gasteiger charge is -2.39. The highest BCUT2D eigenvalue weighted by Gasteiger charge is 2.29. The number of carbonyl (C=O) groups is 2. The molecule has 0 aromatic rings. The summed E-state index contributed by atoms with van der Waals surface area (Å²) >= 11 is 0. The highest BCUT2D eigenvalue weighted by atomic mass is 16.4. The van der Waals surface area contributed by atoms with Gasteiger partial charge in [0.2, 0.25) is 0 Å². The molecule has 0 aromatic carbocycles. The molecule has 0 saturated carbocycles. The van der Waals surface area contributed by atoms with E-state index in [4.69, 9.17) is 5.11 Å². The van der Waals surface area contributed by atoms with E-state index in [1.807, 2.05) is 0 Å². The molecule has 0 spiro atoms. The Morgan fingerprint density at radius 2 is 2.00 bits per heavy atom. The van der Waals surface area contributed by atoms with Crippen LogP contribution in [0.1, 0.15) is 27.7 Å². The van der Waals surface area contributed by atoms with Gasteiger partial charge < -0.3 is 15.3 Å². The molecular weight excluding hydrogens is 246 g/mol. The SMILES string of the molecule is CCN1CCN(C(=O)NC(C(=O)O)C(C)C)CC1C. The minimum absolute atomic E-state index is 0.129. The average molecular weight is 271 g/mol. The van der Waals surface area contributed by atoms with Crippen molar-refractivity contribution in [2.75, 3.05) is 26.2 Å². The summed E-state index contributed by atoms with van der Waals surface area (Å²) in [6, 6.07) is -0.789. The Labute approximate surface area is 114 Å². The van der Waals surface area contributed by atoms with E-state index in [-0.39, 0.29) is 11.9 Å². The third-order valence-corrected chi connectivity index (χ3v) is 3.67. The van der Waals surface area contributed by atoms with E-state index in [9.17, 15) is 9.59 Å². The van der Waals surface area contributed by atoms with Crippen molar-refractivity contribution < 1.29 is 14.7 Å². The van der Waals surface area contributed by atoms with Gasteiger partial charge in [-0.25, -0.2) is 9.59 Å². The van der Waals surface area contributed by atoms with Crippen molar-refractivity contribution in [3.05, 3.63) is 0 Å². The molecule has 2 atom stereocenters. The number of hydrogen-bond acceptors (Lipinski definition) is 3. The Bertz CT molecular complexity index is 333. The Morgan fingerprint density at radius 3 is 2.42 bits per heavy atom. The van der Waals surface area contributed by atoms with Crippen LogP contribution in [0.15, 0.2) is 0 Å². The van der Waals surface area contributed by atoms with Crippen LogP contribution in [0, 0.1) is 5.92 Å². The normalized spacial score (nSPS) is 22.4. The molecule has 1 aliphatic heterocycles. The molecule has 1 aliphatic rings. The number of nitrogens with one attached hydrogen (secondary N) is 1. The molecule has 0 bridgehead atoms. The van der Waals surface area contributed by atoms with Gasteiger partial charge in [-0.15, -0.1) is 0 Å². The van der Waals surface area contributed by atoms with Crippen LogP contribution in [-0.2, 0) is 4.79 Å². The molecule has 0 aliphatic carbocycles. The van der Waals surface area contributed by atoms with E-state index < -0.39 is 12.0 Å². The maximum atomic E-state index is 12.1. The number of aliphatic carboxylic acids is 1. The number of carbonyl (C=O) groups excluding carboxylic acids is 1. The maximum Gasteiger partial charge on any atom is 0.326 e. The van der Waals surface area contributed by atoms with Gasteiger partial charge in [-0.3, -0.25) is 4.90 Å². The fourth-order valence-corrected chi connectivity index (χ4v) is 2.39. The summed E-state index contributed by atoms with van der Waals surface area (Å²) in [5, 5.41) is 11.7. The molecule has 1 saturated heterocycles. The minimum atomic E-state index is -0.983. The summed E-state index contributed by atoms with van der Waals surface area (Å²) in [5.74, 6) is -1.11. The molecule has 6 heteroatoms. The second kappa shape index (κ2) is 6.75. The Kier molecular flexibility index (Phi) is 5.60. The number of piperazine rings is 1. The van der Waals surface area contributed by atoms with Gasteiger partial charge in [0.1, 0.15) is 6.04 Å². The summed E-state index contributed by atoms with van der Waals surface area (Å²) in [6.45, 7) is 10.9. The number of urea groups is 1. The summed E-state index contributed by atoms with van der Waals surface area (Å²) in [7, 11) is 0. The van der Waals surface area contributed by atoms with Gasteiger partial charge in [-0.05, 0) is 19.4 Å². The van der Waals surface area contributed by atoms with Crippen molar-refractivity contribution >= 4 is 12.0 Å². The van der Waals surface area contributed by atoms with Crippen LogP contribution in [0.3, 0.4) is 0 Å². The number of carboxylic acid groups (broad SMARTS) is 1. The highest BCUT2D eigenvalue weighted by molar-refractivity contribution is 5.82. The number of hydrogen-bond donors (Lipinski definition) is 2. The largest absolute Gasteiger partial charge is 0.480 e. The third-order valence-electron chi connectivity index (χ3n) is 3.67. The Balaban J connectivity index is 2.57. The van der Waals surface area contributed by atoms with Gasteiger partial charge in [0.05, 0.1) is 0 Å². The second-order valence-corrected chi connectivity index (χ2v) is 5.43. The predicted octanol–water partition coefficient (Wildman–Crippen LogP) is 0.831. The zero-order valence-corrected chi connectivity index (χ0v) is 12.2. The van der Waals surface area contributed by atoms with Crippen molar-refractivity contribution in [3.8, 4) is 0 Å². The molecule has 0 aromatic heterocycles. The average Bonchev–Trinajstić information content (AvgIpc) is 2.34. The van der Waals surface area contributed by atoms with E-state index in [0.29, 0.717) is 19.1 Å². The lowest BCUT2D eigenvalue weighted by molar-refractivity contribution is -0.140. The highest BCUT2D eigenvalue weighted by Crippen LogP contribution is 2.10. The monoisotopic (exact) mass is 271 g/mol. The standard InChI is InChI=1S/C13H25N3O3/c1-5-15-6-7-16(8-10(15)4)13(19)14-11(9(2)3)12(17)18/h9-11H,5-8H2,1-4H3,(H,14,19)(H,17,18). The lowest BCUT2D eigenvalue weighted by atomic mass is 10.1. The van der Waals surface area contributed by atoms with Crippen LogP contribution in [-0.4, -0.2) is 65.2 Å². The Hall–Kier alpha value is -1.30. The Morgan fingerprint density at radius 1 is 1.37 bits per heavy atom. The molecule has 2 amide bonds. The van der Waals surface area contributed by atoms with Gasteiger partial charge in [0.25, 0.3) is 0 Å². The van der Waals surface area contributed by atoms with Gasteiger partial charge in [-0.2, -0.15) is 0 Å². The number of likely N-dealkylation sites (N-methyl/N-ethyl adjacent to an activating group) is 1. The topological polar surface area (TPSA) is 72.9 Å². The van der Waals surface area contributed by atoms with Crippen molar-refractivity contribution in [3.63, 3.8) is 0 Å². The van der Waals surface area contributed by atoms with Crippen molar-refractivity contribution in [1.82, 2.24) is 15.1 Å². The summed E-state index contributed by atoms with van der Waals surface area (Å²) in [5.41, 5.74) is 0. The minimum Gasteiger partial charge on any atom is -0.480 e. The van der Waals surface area contributed by atoms with Crippen molar-refractivity contribution in [2.45, 2.75) is 39.8 Å². The lowest BCUT2D eigenvalue weighted by Crippen LogP contribution is -2.58. The summed E-state index contributed by atoms with van der Waals surface area (Å²) in [6.07, 6.45) is 0.